The largest absolute Gasteiger partial charge is 0.349 e. The van der Waals surface area contributed by atoms with E-state index in [9.17, 15) is 9.59 Å². The number of nitrogens with one attached hydrogen (secondary N) is 3. The highest BCUT2D eigenvalue weighted by molar-refractivity contribution is 6.31. The van der Waals surface area contributed by atoms with E-state index in [-0.39, 0.29) is 24.4 Å². The molecule has 2 rings (SSSR count). The van der Waals surface area contributed by atoms with Crippen molar-refractivity contribution in [1.29, 1.82) is 0 Å². The fourth-order valence-corrected chi connectivity index (χ4v) is 3.10. The minimum Gasteiger partial charge on any atom is -0.349 e. The number of carbonyl (C=O) groups is 2. The van der Waals surface area contributed by atoms with Crippen LogP contribution >= 0.6 is 11.6 Å². The topological polar surface area (TPSA) is 62.6 Å². The SMILES string of the molecule is Cc1ccc(NC(=O)[C@@H](c2ccccc2)[NH+](C)CC(=O)NC(C)C)cc1Cl. The Morgan fingerprint density at radius 1 is 1.11 bits per heavy atom. The van der Waals surface area contributed by atoms with E-state index in [4.69, 9.17) is 11.6 Å². The van der Waals surface area contributed by atoms with E-state index in [2.05, 4.69) is 10.6 Å². The van der Waals surface area contributed by atoms with Crippen LogP contribution in [0.5, 0.6) is 0 Å². The minimum absolute atomic E-state index is 0.0593. The predicted octanol–water partition coefficient (Wildman–Crippen LogP) is 2.37. The van der Waals surface area contributed by atoms with Crippen LogP contribution in [0.15, 0.2) is 48.5 Å². The lowest BCUT2D eigenvalue weighted by Gasteiger charge is -2.24. The first-order valence-electron chi connectivity index (χ1n) is 9.01. The minimum atomic E-state index is -0.524. The van der Waals surface area contributed by atoms with Crippen LogP contribution in [0.25, 0.3) is 0 Å². The molecule has 0 saturated heterocycles. The molecule has 0 heterocycles. The predicted molar refractivity (Wildman–Crippen MR) is 109 cm³/mol. The second-order valence-electron chi connectivity index (χ2n) is 7.04. The maximum atomic E-state index is 13.0. The summed E-state index contributed by atoms with van der Waals surface area (Å²) < 4.78 is 0. The zero-order chi connectivity index (χ0) is 20.0. The third kappa shape index (κ3) is 6.08. The number of rotatable bonds is 7. The second-order valence-corrected chi connectivity index (χ2v) is 7.45. The smallest absolute Gasteiger partial charge is 0.287 e. The van der Waals surface area contributed by atoms with E-state index in [0.29, 0.717) is 10.7 Å². The van der Waals surface area contributed by atoms with Gasteiger partial charge in [-0.15, -0.1) is 0 Å². The fourth-order valence-electron chi connectivity index (χ4n) is 2.92. The third-order valence-corrected chi connectivity index (χ3v) is 4.62. The van der Waals surface area contributed by atoms with Gasteiger partial charge in [0.25, 0.3) is 11.8 Å². The van der Waals surface area contributed by atoms with Gasteiger partial charge in [-0.1, -0.05) is 48.0 Å². The summed E-state index contributed by atoms with van der Waals surface area (Å²) in [6.07, 6.45) is 0. The quantitative estimate of drug-likeness (QED) is 0.681. The van der Waals surface area contributed by atoms with Gasteiger partial charge in [-0.3, -0.25) is 9.59 Å². The molecule has 0 aliphatic carbocycles. The molecule has 2 atom stereocenters. The number of amides is 2. The van der Waals surface area contributed by atoms with E-state index in [0.717, 1.165) is 16.0 Å². The normalized spacial score (nSPS) is 13.1. The van der Waals surface area contributed by atoms with Crippen molar-refractivity contribution in [2.45, 2.75) is 32.9 Å². The highest BCUT2D eigenvalue weighted by Crippen LogP contribution is 2.21. The number of anilines is 1. The number of halogens is 1. The van der Waals surface area contributed by atoms with Crippen molar-refractivity contribution in [2.24, 2.45) is 0 Å². The Balaban J connectivity index is 2.22. The summed E-state index contributed by atoms with van der Waals surface area (Å²) in [5.41, 5.74) is 2.43. The average molecular weight is 389 g/mol. The molecule has 3 N–H and O–H groups in total. The lowest BCUT2D eigenvalue weighted by Crippen LogP contribution is -3.11. The number of quaternary nitrogens is 1. The Kier molecular flexibility index (Phi) is 7.39. The van der Waals surface area contributed by atoms with E-state index in [1.807, 2.05) is 70.3 Å². The molecule has 144 valence electrons. The molecule has 5 nitrogen and oxygen atoms in total. The first kappa shape index (κ1) is 20.9. The van der Waals surface area contributed by atoms with Gasteiger partial charge in [-0.05, 0) is 38.5 Å². The number of carbonyl (C=O) groups excluding carboxylic acids is 2. The highest BCUT2D eigenvalue weighted by atomic mass is 35.5. The van der Waals surface area contributed by atoms with Crippen molar-refractivity contribution in [3.63, 3.8) is 0 Å². The van der Waals surface area contributed by atoms with Gasteiger partial charge in [0.05, 0.1) is 7.05 Å². The number of aryl methyl sites for hydroxylation is 1. The molecule has 6 heteroatoms. The summed E-state index contributed by atoms with van der Waals surface area (Å²) in [5, 5.41) is 6.40. The summed E-state index contributed by atoms with van der Waals surface area (Å²) in [6, 6.07) is 14.4. The molecule has 1 unspecified atom stereocenters. The van der Waals surface area contributed by atoms with Crippen LogP contribution in [-0.2, 0) is 9.59 Å². The number of hydrogen-bond donors (Lipinski definition) is 3. The van der Waals surface area contributed by atoms with E-state index < -0.39 is 6.04 Å². The fraction of sp³-hybridized carbons (Fsp3) is 0.333. The molecular weight excluding hydrogens is 362 g/mol. The Hall–Kier alpha value is -2.37. The molecule has 0 aliphatic rings. The van der Waals surface area contributed by atoms with Crippen molar-refractivity contribution in [2.75, 3.05) is 18.9 Å². The van der Waals surface area contributed by atoms with E-state index in [1.165, 1.54) is 0 Å². The zero-order valence-corrected chi connectivity index (χ0v) is 16.9. The molecule has 0 aromatic heterocycles. The van der Waals surface area contributed by atoms with Crippen LogP contribution in [-0.4, -0.2) is 31.4 Å². The first-order chi connectivity index (χ1) is 12.8. The van der Waals surface area contributed by atoms with Gasteiger partial charge in [-0.25, -0.2) is 0 Å². The maximum Gasteiger partial charge on any atom is 0.287 e. The van der Waals surface area contributed by atoms with Gasteiger partial charge in [0.15, 0.2) is 12.6 Å². The highest BCUT2D eigenvalue weighted by Gasteiger charge is 2.30. The van der Waals surface area contributed by atoms with Crippen molar-refractivity contribution in [3.05, 3.63) is 64.7 Å². The van der Waals surface area contributed by atoms with Crippen LogP contribution in [0.1, 0.15) is 31.0 Å². The molecule has 2 aromatic rings. The molecule has 27 heavy (non-hydrogen) atoms. The Labute approximate surface area is 165 Å². The van der Waals surface area contributed by atoms with Crippen molar-refractivity contribution in [1.82, 2.24) is 5.32 Å². The zero-order valence-electron chi connectivity index (χ0n) is 16.2. The van der Waals surface area contributed by atoms with Crippen molar-refractivity contribution < 1.29 is 14.5 Å². The van der Waals surface area contributed by atoms with Crippen LogP contribution in [0, 0.1) is 6.92 Å². The number of benzene rings is 2. The standard InChI is InChI=1S/C21H26ClN3O2/c1-14(2)23-19(26)13-25(4)20(16-8-6-5-7-9-16)21(27)24-17-11-10-15(3)18(22)12-17/h5-12,14,20H,13H2,1-4H3,(H,23,26)(H,24,27)/p+1/t20-/m1/s1. The Bertz CT molecular complexity index is 793. The Morgan fingerprint density at radius 2 is 1.78 bits per heavy atom. The molecular formula is C21H27ClN3O2+. The van der Waals surface area contributed by atoms with Crippen molar-refractivity contribution >= 4 is 29.1 Å². The molecule has 0 bridgehead atoms. The maximum absolute atomic E-state index is 13.0. The summed E-state index contributed by atoms with van der Waals surface area (Å²) in [5.74, 6) is -0.273. The van der Waals surface area contributed by atoms with Gasteiger partial charge in [0.2, 0.25) is 0 Å². The van der Waals surface area contributed by atoms with Crippen LogP contribution in [0.2, 0.25) is 5.02 Å². The Morgan fingerprint density at radius 3 is 2.37 bits per heavy atom. The van der Waals surface area contributed by atoms with Gasteiger partial charge in [0, 0.05) is 22.3 Å². The lowest BCUT2D eigenvalue weighted by molar-refractivity contribution is -0.894. The van der Waals surface area contributed by atoms with Gasteiger partial charge >= 0.3 is 0 Å². The third-order valence-electron chi connectivity index (χ3n) is 4.22. The second kappa shape index (κ2) is 9.53. The van der Waals surface area contributed by atoms with E-state index in [1.54, 1.807) is 6.07 Å². The molecule has 0 fully saturated rings. The van der Waals surface area contributed by atoms with Gasteiger partial charge in [0.1, 0.15) is 0 Å². The van der Waals surface area contributed by atoms with Gasteiger partial charge in [-0.2, -0.15) is 0 Å². The van der Waals surface area contributed by atoms with Crippen LogP contribution < -0.4 is 15.5 Å². The number of likely N-dealkylation sites (N-methyl/N-ethyl adjacent to an activating group) is 1. The van der Waals surface area contributed by atoms with E-state index >= 15 is 0 Å². The molecule has 2 aromatic carbocycles. The van der Waals surface area contributed by atoms with Crippen molar-refractivity contribution in [3.8, 4) is 0 Å². The summed E-state index contributed by atoms with van der Waals surface area (Å²) in [4.78, 5) is 26.0. The number of hydrogen-bond acceptors (Lipinski definition) is 2. The van der Waals surface area contributed by atoms with Gasteiger partial charge < -0.3 is 15.5 Å². The van der Waals surface area contributed by atoms with Crippen LogP contribution in [0.3, 0.4) is 0 Å². The lowest BCUT2D eigenvalue weighted by atomic mass is 10.0. The van der Waals surface area contributed by atoms with Crippen LogP contribution in [0.4, 0.5) is 5.69 Å². The molecule has 0 spiro atoms. The summed E-state index contributed by atoms with van der Waals surface area (Å²) >= 11 is 6.16. The monoisotopic (exact) mass is 388 g/mol. The summed E-state index contributed by atoms with van der Waals surface area (Å²) in [7, 11) is 1.85. The molecule has 0 radical (unpaired) electrons. The molecule has 2 amide bonds. The summed E-state index contributed by atoms with van der Waals surface area (Å²) in [6.45, 7) is 5.93. The average Bonchev–Trinajstić information content (AvgIpc) is 2.58. The molecule has 0 aliphatic heterocycles. The first-order valence-corrected chi connectivity index (χ1v) is 9.39. The molecule has 0 saturated carbocycles.